The molecule has 0 saturated carbocycles. The molecule has 0 radical (unpaired) electrons. The van der Waals surface area contributed by atoms with Crippen molar-refractivity contribution in [1.82, 2.24) is 25.0 Å². The van der Waals surface area contributed by atoms with Crippen LogP contribution in [0.25, 0.3) is 0 Å². The molecule has 1 atom stereocenters. The first-order chi connectivity index (χ1) is 14.1. The number of pyridine rings is 1. The monoisotopic (exact) mass is 397 g/mol. The maximum Gasteiger partial charge on any atom is 0.257 e. The number of likely N-dealkylation sites (tertiary alicyclic amines) is 1. The minimum atomic E-state index is -0.0718. The first-order valence-corrected chi connectivity index (χ1v) is 10.2. The van der Waals surface area contributed by atoms with Crippen LogP contribution in [0.1, 0.15) is 63.1 Å². The van der Waals surface area contributed by atoms with Crippen molar-refractivity contribution in [3.05, 3.63) is 46.5 Å². The van der Waals surface area contributed by atoms with Gasteiger partial charge in [0.1, 0.15) is 0 Å². The largest absolute Gasteiger partial charge is 0.383 e. The number of aromatic nitrogens is 3. The zero-order chi connectivity index (χ0) is 20.4. The summed E-state index contributed by atoms with van der Waals surface area (Å²) in [7, 11) is 1.64. The van der Waals surface area contributed by atoms with E-state index in [0.717, 1.165) is 42.8 Å². The molecule has 154 valence electrons. The highest BCUT2D eigenvalue weighted by Crippen LogP contribution is 2.32. The van der Waals surface area contributed by atoms with Gasteiger partial charge < -0.3 is 14.5 Å². The molecule has 2 aliphatic rings. The van der Waals surface area contributed by atoms with E-state index in [4.69, 9.17) is 9.72 Å². The molecule has 0 aliphatic carbocycles. The van der Waals surface area contributed by atoms with Crippen molar-refractivity contribution in [2.45, 2.75) is 38.6 Å². The number of nitrogens with one attached hydrogen (secondary N) is 1. The van der Waals surface area contributed by atoms with Crippen molar-refractivity contribution in [2.24, 2.45) is 0 Å². The summed E-state index contributed by atoms with van der Waals surface area (Å²) in [4.78, 5) is 34.4. The number of piperidine rings is 1. The number of H-pyrrole nitrogens is 1. The summed E-state index contributed by atoms with van der Waals surface area (Å²) in [5.74, 6) is -0.00441. The summed E-state index contributed by atoms with van der Waals surface area (Å²) in [6, 6.07) is 3.71. The molecule has 4 heterocycles. The summed E-state index contributed by atoms with van der Waals surface area (Å²) < 4.78 is 5.10. The van der Waals surface area contributed by atoms with Crippen LogP contribution in [0.15, 0.2) is 18.3 Å². The maximum atomic E-state index is 13.1. The average Bonchev–Trinajstić information content (AvgIpc) is 3.18. The molecule has 8 nitrogen and oxygen atoms in total. The van der Waals surface area contributed by atoms with E-state index in [9.17, 15) is 9.59 Å². The lowest BCUT2D eigenvalue weighted by molar-refractivity contribution is 0.0601. The van der Waals surface area contributed by atoms with E-state index in [-0.39, 0.29) is 17.9 Å². The normalized spacial score (nSPS) is 19.4. The van der Waals surface area contributed by atoms with Gasteiger partial charge in [-0.3, -0.25) is 19.7 Å². The van der Waals surface area contributed by atoms with Gasteiger partial charge in [0, 0.05) is 38.9 Å². The van der Waals surface area contributed by atoms with Crippen LogP contribution in [0.5, 0.6) is 0 Å². The van der Waals surface area contributed by atoms with E-state index in [2.05, 4.69) is 10.2 Å². The Morgan fingerprint density at radius 1 is 1.31 bits per heavy atom. The van der Waals surface area contributed by atoms with Crippen molar-refractivity contribution < 1.29 is 14.3 Å². The second-order valence-corrected chi connectivity index (χ2v) is 7.68. The van der Waals surface area contributed by atoms with Gasteiger partial charge in [0.15, 0.2) is 0 Å². The third kappa shape index (κ3) is 3.76. The van der Waals surface area contributed by atoms with Gasteiger partial charge in [0.25, 0.3) is 11.8 Å². The van der Waals surface area contributed by atoms with Gasteiger partial charge in [-0.25, -0.2) is 0 Å². The maximum absolute atomic E-state index is 13.1. The van der Waals surface area contributed by atoms with Crippen molar-refractivity contribution in [2.75, 3.05) is 33.4 Å². The fourth-order valence-corrected chi connectivity index (χ4v) is 4.22. The Kier molecular flexibility index (Phi) is 5.62. The third-order valence-corrected chi connectivity index (χ3v) is 5.86. The van der Waals surface area contributed by atoms with Crippen molar-refractivity contribution in [1.29, 1.82) is 0 Å². The second kappa shape index (κ2) is 8.32. The number of ether oxygens (including phenoxy) is 1. The number of nitrogens with zero attached hydrogens (tertiary/aromatic N) is 4. The fourth-order valence-electron chi connectivity index (χ4n) is 4.22. The molecular formula is C21H27N5O3. The number of aryl methyl sites for hydroxylation is 1. The van der Waals surface area contributed by atoms with E-state index in [1.807, 2.05) is 28.9 Å². The molecule has 1 saturated heterocycles. The highest BCUT2D eigenvalue weighted by atomic mass is 16.5. The Morgan fingerprint density at radius 3 is 2.93 bits per heavy atom. The fraction of sp³-hybridized carbons (Fsp3) is 0.524. The number of methoxy groups -OCH3 is 1. The molecular weight excluding hydrogens is 370 g/mol. The van der Waals surface area contributed by atoms with Gasteiger partial charge in [0.05, 0.1) is 41.4 Å². The molecule has 2 aromatic heterocycles. The topological polar surface area (TPSA) is 91.4 Å². The van der Waals surface area contributed by atoms with Crippen molar-refractivity contribution in [3.63, 3.8) is 0 Å². The Bertz CT molecular complexity index is 909. The highest BCUT2D eigenvalue weighted by molar-refractivity contribution is 5.96. The number of carbonyl (C=O) groups is 2. The number of hydrogen-bond acceptors (Lipinski definition) is 5. The molecule has 1 N–H and O–H groups in total. The van der Waals surface area contributed by atoms with Gasteiger partial charge >= 0.3 is 0 Å². The van der Waals surface area contributed by atoms with Gasteiger partial charge in [-0.05, 0) is 38.3 Å². The molecule has 2 aliphatic heterocycles. The van der Waals surface area contributed by atoms with Crippen molar-refractivity contribution >= 4 is 11.8 Å². The summed E-state index contributed by atoms with van der Waals surface area (Å²) in [5.41, 5.74) is 3.75. The molecule has 4 rings (SSSR count). The first kappa shape index (κ1) is 19.6. The van der Waals surface area contributed by atoms with Gasteiger partial charge in [-0.1, -0.05) is 0 Å². The lowest BCUT2D eigenvalue weighted by Gasteiger charge is -2.36. The number of aromatic amines is 1. The van der Waals surface area contributed by atoms with E-state index in [0.29, 0.717) is 37.4 Å². The Morgan fingerprint density at radius 2 is 2.17 bits per heavy atom. The summed E-state index contributed by atoms with van der Waals surface area (Å²) in [5, 5.41) is 6.83. The lowest BCUT2D eigenvalue weighted by Crippen LogP contribution is -2.41. The van der Waals surface area contributed by atoms with Crippen LogP contribution in [-0.4, -0.2) is 70.1 Å². The molecule has 2 aromatic rings. The number of rotatable bonds is 5. The van der Waals surface area contributed by atoms with Gasteiger partial charge in [-0.2, -0.15) is 5.10 Å². The van der Waals surface area contributed by atoms with Crippen LogP contribution >= 0.6 is 0 Å². The predicted molar refractivity (Wildman–Crippen MR) is 107 cm³/mol. The number of amides is 2. The molecule has 2 amide bonds. The molecule has 0 spiro atoms. The molecule has 0 bridgehead atoms. The Balaban J connectivity index is 1.58. The minimum Gasteiger partial charge on any atom is -0.383 e. The van der Waals surface area contributed by atoms with Crippen LogP contribution in [0, 0.1) is 6.92 Å². The van der Waals surface area contributed by atoms with E-state index in [1.165, 1.54) is 0 Å². The summed E-state index contributed by atoms with van der Waals surface area (Å²) in [6.07, 6.45) is 5.23. The summed E-state index contributed by atoms with van der Waals surface area (Å²) >= 11 is 0. The van der Waals surface area contributed by atoms with Gasteiger partial charge in [0.2, 0.25) is 0 Å². The van der Waals surface area contributed by atoms with E-state index >= 15 is 0 Å². The molecule has 8 heteroatoms. The van der Waals surface area contributed by atoms with Crippen LogP contribution in [0.3, 0.4) is 0 Å². The van der Waals surface area contributed by atoms with Gasteiger partial charge in [-0.15, -0.1) is 0 Å². The molecule has 0 aromatic carbocycles. The van der Waals surface area contributed by atoms with E-state index in [1.54, 1.807) is 13.3 Å². The van der Waals surface area contributed by atoms with E-state index < -0.39 is 0 Å². The number of fused-ring (bicyclic) bond motifs is 1. The molecule has 29 heavy (non-hydrogen) atoms. The second-order valence-electron chi connectivity index (χ2n) is 7.68. The first-order valence-electron chi connectivity index (χ1n) is 10.2. The molecule has 1 unspecified atom stereocenters. The number of hydrogen-bond donors (Lipinski definition) is 1. The third-order valence-electron chi connectivity index (χ3n) is 5.86. The summed E-state index contributed by atoms with van der Waals surface area (Å²) in [6.45, 7) is 4.33. The minimum absolute atomic E-state index is 0.00736. The zero-order valence-corrected chi connectivity index (χ0v) is 17.0. The van der Waals surface area contributed by atoms with Crippen LogP contribution in [-0.2, 0) is 11.2 Å². The molecule has 1 fully saturated rings. The van der Waals surface area contributed by atoms with Crippen LogP contribution in [0.4, 0.5) is 0 Å². The predicted octanol–water partition coefficient (Wildman–Crippen LogP) is 2.13. The highest BCUT2D eigenvalue weighted by Gasteiger charge is 2.32. The van der Waals surface area contributed by atoms with Crippen molar-refractivity contribution in [3.8, 4) is 0 Å². The average molecular weight is 397 g/mol. The van der Waals surface area contributed by atoms with Crippen LogP contribution in [0.2, 0.25) is 0 Å². The number of carbonyl (C=O) groups excluding carboxylic acids is 2. The quantitative estimate of drug-likeness (QED) is 0.835. The zero-order valence-electron chi connectivity index (χ0n) is 17.0. The Hall–Kier alpha value is -2.74. The lowest BCUT2D eigenvalue weighted by atomic mass is 9.96. The smallest absolute Gasteiger partial charge is 0.257 e. The Labute approximate surface area is 170 Å². The van der Waals surface area contributed by atoms with Crippen LogP contribution < -0.4 is 0 Å². The SMILES string of the molecule is COCCN1CCc2nc(C3CCCCN3C(=O)c3cn[nH]c3C)ccc2C1=O. The standard InChI is InChI=1S/C21H27N5O3/c1-14-16(13-22-24-14)21(28)26-9-4-3-5-19(26)18-7-6-15-17(23-18)8-10-25(20(15)27)11-12-29-2/h6-7,13,19H,3-5,8-12H2,1-2H3,(H,22,24).